The summed E-state index contributed by atoms with van der Waals surface area (Å²) in [5.41, 5.74) is 4.99. The summed E-state index contributed by atoms with van der Waals surface area (Å²) in [6.07, 6.45) is -0.0539. The molecule has 0 bridgehead atoms. The Morgan fingerprint density at radius 1 is 0.947 bits per heavy atom. The number of aromatic nitrogens is 1. The summed E-state index contributed by atoms with van der Waals surface area (Å²) >= 11 is 0. The molecule has 0 amide bonds. The molecule has 1 aromatic heterocycles. The number of aryl methyl sites for hydroxylation is 2. The van der Waals surface area contributed by atoms with Crippen LogP contribution in [0, 0.1) is 13.8 Å². The molecule has 8 heteroatoms. The second kappa shape index (κ2) is 12.6. The van der Waals surface area contributed by atoms with E-state index in [-0.39, 0.29) is 18.9 Å². The van der Waals surface area contributed by atoms with Crippen molar-refractivity contribution in [1.29, 1.82) is 0 Å². The summed E-state index contributed by atoms with van der Waals surface area (Å²) in [4.78, 5) is 16.5. The first-order valence-electron chi connectivity index (χ1n) is 12.2. The standard InChI is InChI=1S/C30H30N2O6/c1-20-30(21(2)38-31-20)27(17-29(33)34)23-11-15-26(16-12-23)36-18-22-9-13-25(14-10-22)37-19-28(32-35-3)24-7-5-4-6-8-24/h4-16,27H,17-19H2,1-3H3,(H,33,34)/b32-28+. The van der Waals surface area contributed by atoms with Crippen molar-refractivity contribution < 1.29 is 28.7 Å². The van der Waals surface area contributed by atoms with Gasteiger partial charge in [0.15, 0.2) is 0 Å². The van der Waals surface area contributed by atoms with Gasteiger partial charge >= 0.3 is 5.97 Å². The van der Waals surface area contributed by atoms with Crippen molar-refractivity contribution in [2.75, 3.05) is 13.7 Å². The Hall–Kier alpha value is -4.59. The van der Waals surface area contributed by atoms with Crippen molar-refractivity contribution in [3.8, 4) is 11.5 Å². The molecule has 1 atom stereocenters. The third-order valence-electron chi connectivity index (χ3n) is 6.11. The zero-order chi connectivity index (χ0) is 26.9. The van der Waals surface area contributed by atoms with Crippen LogP contribution in [0.15, 0.2) is 88.5 Å². The second-order valence-corrected chi connectivity index (χ2v) is 8.77. The van der Waals surface area contributed by atoms with Gasteiger partial charge in [0.05, 0.1) is 12.1 Å². The Morgan fingerprint density at radius 3 is 2.21 bits per heavy atom. The normalized spacial score (nSPS) is 12.1. The molecular weight excluding hydrogens is 484 g/mol. The summed E-state index contributed by atoms with van der Waals surface area (Å²) in [6, 6.07) is 24.9. The molecule has 0 aliphatic rings. The van der Waals surface area contributed by atoms with E-state index in [1.54, 1.807) is 6.92 Å². The fourth-order valence-electron chi connectivity index (χ4n) is 4.25. The van der Waals surface area contributed by atoms with Gasteiger partial charge in [0.25, 0.3) is 0 Å². The molecule has 0 aliphatic carbocycles. The van der Waals surface area contributed by atoms with E-state index in [2.05, 4.69) is 10.3 Å². The van der Waals surface area contributed by atoms with Crippen LogP contribution in [0.2, 0.25) is 0 Å². The van der Waals surface area contributed by atoms with Gasteiger partial charge in [0.1, 0.15) is 43.3 Å². The van der Waals surface area contributed by atoms with Gasteiger partial charge in [-0.05, 0) is 49.2 Å². The molecule has 1 heterocycles. The highest BCUT2D eigenvalue weighted by atomic mass is 16.6. The zero-order valence-corrected chi connectivity index (χ0v) is 21.6. The van der Waals surface area contributed by atoms with Gasteiger partial charge in [-0.1, -0.05) is 64.9 Å². The molecule has 38 heavy (non-hydrogen) atoms. The molecular formula is C30H30N2O6. The van der Waals surface area contributed by atoms with Crippen LogP contribution >= 0.6 is 0 Å². The molecule has 4 rings (SSSR count). The molecule has 4 aromatic rings. The van der Waals surface area contributed by atoms with E-state index in [1.165, 1.54) is 7.11 Å². The minimum absolute atomic E-state index is 0.0539. The van der Waals surface area contributed by atoms with Crippen molar-refractivity contribution in [1.82, 2.24) is 5.16 Å². The number of nitrogens with zero attached hydrogens (tertiary/aromatic N) is 2. The zero-order valence-electron chi connectivity index (χ0n) is 21.6. The minimum Gasteiger partial charge on any atom is -0.489 e. The van der Waals surface area contributed by atoms with Gasteiger partial charge in [-0.15, -0.1) is 0 Å². The van der Waals surface area contributed by atoms with Gasteiger partial charge in [-0.2, -0.15) is 0 Å². The first kappa shape index (κ1) is 26.5. The van der Waals surface area contributed by atoms with E-state index in [0.717, 1.165) is 22.3 Å². The highest BCUT2D eigenvalue weighted by Crippen LogP contribution is 2.33. The van der Waals surface area contributed by atoms with Crippen LogP contribution in [0.3, 0.4) is 0 Å². The largest absolute Gasteiger partial charge is 0.489 e. The third-order valence-corrected chi connectivity index (χ3v) is 6.11. The molecule has 196 valence electrons. The lowest BCUT2D eigenvalue weighted by atomic mass is 9.87. The maximum atomic E-state index is 11.5. The van der Waals surface area contributed by atoms with Gasteiger partial charge in [-0.3, -0.25) is 4.79 Å². The number of aliphatic carboxylic acids is 1. The SMILES string of the molecule is CO/N=C(\COc1ccc(COc2ccc(C(CC(=O)O)c3c(C)noc3C)cc2)cc1)c1ccccc1. The van der Waals surface area contributed by atoms with Crippen molar-refractivity contribution in [2.45, 2.75) is 32.8 Å². The van der Waals surface area contributed by atoms with E-state index in [4.69, 9.17) is 18.8 Å². The lowest BCUT2D eigenvalue weighted by Crippen LogP contribution is -2.13. The van der Waals surface area contributed by atoms with Crippen molar-refractivity contribution in [3.05, 3.63) is 113 Å². The molecule has 0 radical (unpaired) electrons. The smallest absolute Gasteiger partial charge is 0.304 e. The summed E-state index contributed by atoms with van der Waals surface area (Å²) in [7, 11) is 1.51. The second-order valence-electron chi connectivity index (χ2n) is 8.77. The molecule has 1 N–H and O–H groups in total. The number of carboxylic acids is 1. The Morgan fingerprint density at radius 2 is 1.61 bits per heavy atom. The van der Waals surface area contributed by atoms with Gasteiger partial charge in [0, 0.05) is 17.0 Å². The fraction of sp³-hybridized carbons (Fsp3) is 0.233. The average molecular weight is 515 g/mol. The Kier molecular flexibility index (Phi) is 8.77. The van der Waals surface area contributed by atoms with Crippen LogP contribution in [-0.4, -0.2) is 35.7 Å². The first-order valence-corrected chi connectivity index (χ1v) is 12.2. The molecule has 3 aromatic carbocycles. The van der Waals surface area contributed by atoms with E-state index < -0.39 is 5.97 Å². The highest BCUT2D eigenvalue weighted by Gasteiger charge is 2.24. The molecule has 0 saturated carbocycles. The van der Waals surface area contributed by atoms with Crippen LogP contribution in [0.25, 0.3) is 0 Å². The average Bonchev–Trinajstić information content (AvgIpc) is 3.27. The first-order chi connectivity index (χ1) is 18.4. The molecule has 0 aliphatic heterocycles. The number of ether oxygens (including phenoxy) is 2. The van der Waals surface area contributed by atoms with Crippen LogP contribution < -0.4 is 9.47 Å². The Labute approximate surface area is 221 Å². The van der Waals surface area contributed by atoms with E-state index >= 15 is 0 Å². The van der Waals surface area contributed by atoms with Crippen molar-refractivity contribution >= 4 is 11.7 Å². The lowest BCUT2D eigenvalue weighted by molar-refractivity contribution is -0.137. The Balaban J connectivity index is 1.35. The number of hydrogen-bond acceptors (Lipinski definition) is 7. The molecule has 1 unspecified atom stereocenters. The van der Waals surface area contributed by atoms with Crippen molar-refractivity contribution in [2.24, 2.45) is 5.16 Å². The van der Waals surface area contributed by atoms with Crippen LogP contribution in [0.4, 0.5) is 0 Å². The van der Waals surface area contributed by atoms with Gasteiger partial charge < -0.3 is 23.9 Å². The highest BCUT2D eigenvalue weighted by molar-refractivity contribution is 6.01. The summed E-state index contributed by atoms with van der Waals surface area (Å²) < 4.78 is 17.1. The Bertz CT molecular complexity index is 1340. The quantitative estimate of drug-likeness (QED) is 0.185. The topological polar surface area (TPSA) is 103 Å². The van der Waals surface area contributed by atoms with Crippen LogP contribution in [0.1, 0.15) is 46.0 Å². The maximum absolute atomic E-state index is 11.5. The number of rotatable bonds is 12. The minimum atomic E-state index is -0.884. The molecule has 8 nitrogen and oxygen atoms in total. The number of oxime groups is 1. The van der Waals surface area contributed by atoms with E-state index in [1.807, 2.05) is 85.8 Å². The fourth-order valence-corrected chi connectivity index (χ4v) is 4.25. The number of hydrogen-bond donors (Lipinski definition) is 1. The van der Waals surface area contributed by atoms with Crippen LogP contribution in [-0.2, 0) is 16.2 Å². The van der Waals surface area contributed by atoms with Crippen LogP contribution in [0.5, 0.6) is 11.5 Å². The molecule has 0 spiro atoms. The summed E-state index contributed by atoms with van der Waals surface area (Å²) in [5.74, 6) is 0.789. The maximum Gasteiger partial charge on any atom is 0.304 e. The predicted molar refractivity (Wildman–Crippen MR) is 143 cm³/mol. The number of benzene rings is 3. The van der Waals surface area contributed by atoms with Gasteiger partial charge in [0.2, 0.25) is 0 Å². The monoisotopic (exact) mass is 514 g/mol. The molecule has 0 fully saturated rings. The summed E-state index contributed by atoms with van der Waals surface area (Å²) in [5, 5.41) is 17.5. The lowest BCUT2D eigenvalue weighted by Gasteiger charge is -2.16. The van der Waals surface area contributed by atoms with Crippen molar-refractivity contribution in [3.63, 3.8) is 0 Å². The number of carbonyl (C=O) groups is 1. The predicted octanol–water partition coefficient (Wildman–Crippen LogP) is 5.91. The number of carboxylic acid groups (broad SMARTS) is 1. The van der Waals surface area contributed by atoms with Gasteiger partial charge in [-0.25, -0.2) is 0 Å². The van der Waals surface area contributed by atoms with E-state index in [9.17, 15) is 9.90 Å². The molecule has 0 saturated heterocycles. The third kappa shape index (κ3) is 6.79. The summed E-state index contributed by atoms with van der Waals surface area (Å²) in [6.45, 7) is 4.27. The van der Waals surface area contributed by atoms with E-state index in [0.29, 0.717) is 35.3 Å².